The Morgan fingerprint density at radius 1 is 1.50 bits per heavy atom. The maximum Gasteiger partial charge on any atom is 0.248 e. The van der Waals surface area contributed by atoms with Gasteiger partial charge in [-0.3, -0.25) is 4.68 Å². The molecule has 102 valence electrons. The van der Waals surface area contributed by atoms with E-state index in [1.165, 1.54) is 10.5 Å². The first-order valence-electron chi connectivity index (χ1n) is 6.15. The minimum atomic E-state index is -3.54. The van der Waals surface area contributed by atoms with Crippen molar-refractivity contribution in [3.8, 4) is 0 Å². The van der Waals surface area contributed by atoms with Gasteiger partial charge < -0.3 is 5.73 Å². The zero-order chi connectivity index (χ0) is 13.6. The highest BCUT2D eigenvalue weighted by molar-refractivity contribution is 7.89. The lowest BCUT2D eigenvalue weighted by Crippen LogP contribution is -2.42. The molecule has 1 saturated heterocycles. The Hall–Kier alpha value is -1.08. The van der Waals surface area contributed by atoms with Gasteiger partial charge in [0.2, 0.25) is 10.0 Å². The SMILES string of the molecule is CCn1cc(S(=O)(=O)N2CCCC2(C)C)c(N)n1. The second-order valence-corrected chi connectivity index (χ2v) is 7.06. The smallest absolute Gasteiger partial charge is 0.248 e. The molecule has 0 aromatic carbocycles. The average Bonchev–Trinajstić information content (AvgIpc) is 2.81. The first-order chi connectivity index (χ1) is 8.29. The van der Waals surface area contributed by atoms with Crippen molar-refractivity contribution < 1.29 is 8.42 Å². The van der Waals surface area contributed by atoms with Crippen LogP contribution in [-0.2, 0) is 16.6 Å². The van der Waals surface area contributed by atoms with Crippen molar-refractivity contribution in [1.82, 2.24) is 14.1 Å². The van der Waals surface area contributed by atoms with Gasteiger partial charge >= 0.3 is 0 Å². The fraction of sp³-hybridized carbons (Fsp3) is 0.727. The van der Waals surface area contributed by atoms with E-state index in [0.29, 0.717) is 13.1 Å². The molecule has 1 fully saturated rings. The number of nitrogen functional groups attached to an aromatic ring is 1. The van der Waals surface area contributed by atoms with Gasteiger partial charge in [0.15, 0.2) is 5.82 Å². The first kappa shape index (κ1) is 13.4. The molecule has 7 heteroatoms. The van der Waals surface area contributed by atoms with Crippen LogP contribution in [-0.4, -0.2) is 34.6 Å². The quantitative estimate of drug-likeness (QED) is 0.891. The Labute approximate surface area is 108 Å². The maximum atomic E-state index is 12.6. The summed E-state index contributed by atoms with van der Waals surface area (Å²) >= 11 is 0. The molecule has 0 saturated carbocycles. The third kappa shape index (κ3) is 2.01. The zero-order valence-corrected chi connectivity index (χ0v) is 11.9. The molecule has 0 atom stereocenters. The molecule has 2 N–H and O–H groups in total. The number of aryl methyl sites for hydroxylation is 1. The van der Waals surface area contributed by atoms with Gasteiger partial charge in [0.1, 0.15) is 4.90 Å². The molecular formula is C11H20N4O2S. The molecule has 1 aliphatic rings. The molecule has 18 heavy (non-hydrogen) atoms. The van der Waals surface area contributed by atoms with E-state index in [2.05, 4.69) is 5.10 Å². The van der Waals surface area contributed by atoms with E-state index in [1.54, 1.807) is 4.68 Å². The third-order valence-electron chi connectivity index (χ3n) is 3.47. The first-order valence-corrected chi connectivity index (χ1v) is 7.59. The molecule has 0 aliphatic carbocycles. The van der Waals surface area contributed by atoms with Crippen LogP contribution in [0.3, 0.4) is 0 Å². The topological polar surface area (TPSA) is 81.2 Å². The van der Waals surface area contributed by atoms with Gasteiger partial charge in [-0.1, -0.05) is 0 Å². The summed E-state index contributed by atoms with van der Waals surface area (Å²) in [6, 6.07) is 0. The predicted octanol–water partition coefficient (Wildman–Crippen LogP) is 1.05. The van der Waals surface area contributed by atoms with Crippen LogP contribution in [0, 0.1) is 0 Å². The van der Waals surface area contributed by atoms with Gasteiger partial charge in [0.25, 0.3) is 0 Å². The van der Waals surface area contributed by atoms with Gasteiger partial charge in [-0.25, -0.2) is 8.42 Å². The third-order valence-corrected chi connectivity index (χ3v) is 5.60. The summed E-state index contributed by atoms with van der Waals surface area (Å²) in [4.78, 5) is 0.124. The average molecular weight is 272 g/mol. The van der Waals surface area contributed by atoms with Gasteiger partial charge in [0, 0.05) is 24.8 Å². The molecular weight excluding hydrogens is 252 g/mol. The van der Waals surface area contributed by atoms with Crippen molar-refractivity contribution >= 4 is 15.8 Å². The standard InChI is InChI=1S/C11H20N4O2S/c1-4-14-8-9(10(12)13-14)18(16,17)15-7-5-6-11(15,2)3/h8H,4-7H2,1-3H3,(H2,12,13). The van der Waals surface area contributed by atoms with E-state index in [9.17, 15) is 8.42 Å². The lowest BCUT2D eigenvalue weighted by Gasteiger charge is -2.30. The maximum absolute atomic E-state index is 12.6. The van der Waals surface area contributed by atoms with E-state index >= 15 is 0 Å². The van der Waals surface area contributed by atoms with E-state index in [0.717, 1.165) is 12.8 Å². The van der Waals surface area contributed by atoms with Crippen molar-refractivity contribution in [3.63, 3.8) is 0 Å². The van der Waals surface area contributed by atoms with Crippen molar-refractivity contribution in [1.29, 1.82) is 0 Å². The predicted molar refractivity (Wildman–Crippen MR) is 69.5 cm³/mol. The second-order valence-electron chi connectivity index (χ2n) is 5.23. The monoisotopic (exact) mass is 272 g/mol. The summed E-state index contributed by atoms with van der Waals surface area (Å²) in [7, 11) is -3.54. The summed E-state index contributed by atoms with van der Waals surface area (Å²) < 4.78 is 28.3. The number of nitrogens with two attached hydrogens (primary N) is 1. The lowest BCUT2D eigenvalue weighted by molar-refractivity contribution is 0.292. The van der Waals surface area contributed by atoms with Crippen LogP contribution in [0.1, 0.15) is 33.6 Å². The zero-order valence-electron chi connectivity index (χ0n) is 11.0. The van der Waals surface area contributed by atoms with E-state index in [1.807, 2.05) is 20.8 Å². The van der Waals surface area contributed by atoms with Crippen LogP contribution in [0.15, 0.2) is 11.1 Å². The fourth-order valence-electron chi connectivity index (χ4n) is 2.43. The van der Waals surface area contributed by atoms with Crippen molar-refractivity contribution in [2.75, 3.05) is 12.3 Å². The van der Waals surface area contributed by atoms with Gasteiger partial charge in [-0.05, 0) is 33.6 Å². The number of hydrogen-bond acceptors (Lipinski definition) is 4. The molecule has 1 aromatic heterocycles. The minimum Gasteiger partial charge on any atom is -0.381 e. The molecule has 1 aromatic rings. The molecule has 0 spiro atoms. The van der Waals surface area contributed by atoms with Crippen LogP contribution in [0.2, 0.25) is 0 Å². The molecule has 2 rings (SSSR count). The second kappa shape index (κ2) is 4.24. The molecule has 0 unspecified atom stereocenters. The summed E-state index contributed by atoms with van der Waals surface area (Å²) in [5.41, 5.74) is 5.37. The molecule has 0 bridgehead atoms. The highest BCUT2D eigenvalue weighted by atomic mass is 32.2. The van der Waals surface area contributed by atoms with E-state index in [4.69, 9.17) is 5.73 Å². The molecule has 6 nitrogen and oxygen atoms in total. The van der Waals surface area contributed by atoms with Crippen molar-refractivity contribution in [2.45, 2.75) is 50.6 Å². The van der Waals surface area contributed by atoms with Gasteiger partial charge in [0.05, 0.1) is 0 Å². The van der Waals surface area contributed by atoms with Gasteiger partial charge in [-0.2, -0.15) is 9.40 Å². The van der Waals surface area contributed by atoms with Crippen molar-refractivity contribution in [2.24, 2.45) is 0 Å². The Kier molecular flexibility index (Phi) is 3.14. The number of nitrogens with zero attached hydrogens (tertiary/aromatic N) is 3. The van der Waals surface area contributed by atoms with Crippen LogP contribution in [0.25, 0.3) is 0 Å². The van der Waals surface area contributed by atoms with E-state index in [-0.39, 0.29) is 16.3 Å². The lowest BCUT2D eigenvalue weighted by atomic mass is 10.0. The van der Waals surface area contributed by atoms with Gasteiger partial charge in [-0.15, -0.1) is 0 Å². The number of hydrogen-bond donors (Lipinski definition) is 1. The number of aromatic nitrogens is 2. The highest BCUT2D eigenvalue weighted by Gasteiger charge is 2.42. The van der Waals surface area contributed by atoms with Crippen LogP contribution >= 0.6 is 0 Å². The fourth-order valence-corrected chi connectivity index (χ4v) is 4.33. The van der Waals surface area contributed by atoms with Crippen molar-refractivity contribution in [3.05, 3.63) is 6.20 Å². The minimum absolute atomic E-state index is 0.0829. The van der Waals surface area contributed by atoms with Crippen LogP contribution < -0.4 is 5.73 Å². The summed E-state index contributed by atoms with van der Waals surface area (Å²) in [5, 5.41) is 4.00. The number of anilines is 1. The largest absolute Gasteiger partial charge is 0.381 e. The van der Waals surface area contributed by atoms with Crippen LogP contribution in [0.4, 0.5) is 5.82 Å². The van der Waals surface area contributed by atoms with E-state index < -0.39 is 10.0 Å². The Morgan fingerprint density at radius 2 is 2.17 bits per heavy atom. The molecule has 0 amide bonds. The normalized spacial score (nSPS) is 20.4. The Balaban J connectivity index is 2.45. The summed E-state index contributed by atoms with van der Waals surface area (Å²) in [5.74, 6) is 0.0829. The molecule has 1 aliphatic heterocycles. The molecule has 2 heterocycles. The number of rotatable bonds is 3. The number of sulfonamides is 1. The Bertz CT molecular complexity index is 547. The van der Waals surface area contributed by atoms with Crippen LogP contribution in [0.5, 0.6) is 0 Å². The summed E-state index contributed by atoms with van der Waals surface area (Å²) in [6.45, 7) is 6.92. The Morgan fingerprint density at radius 3 is 2.61 bits per heavy atom. The summed E-state index contributed by atoms with van der Waals surface area (Å²) in [6.07, 6.45) is 3.27. The molecule has 0 radical (unpaired) electrons. The highest BCUT2D eigenvalue weighted by Crippen LogP contribution is 2.35.